The normalized spacial score (nSPS) is 42.7. The summed E-state index contributed by atoms with van der Waals surface area (Å²) in [6.07, 6.45) is 0.306. The molecule has 1 rings (SSSR count). The molecular weight excluding hydrogens is 139 g/mol. The SMILES string of the molecule is [B]C1OC(CC)C(O)C1(C)C. The van der Waals surface area contributed by atoms with Gasteiger partial charge in [-0.3, -0.25) is 0 Å². The Morgan fingerprint density at radius 1 is 1.55 bits per heavy atom. The van der Waals surface area contributed by atoms with Crippen LogP contribution in [0.5, 0.6) is 0 Å². The van der Waals surface area contributed by atoms with Gasteiger partial charge in [0, 0.05) is 11.4 Å². The van der Waals surface area contributed by atoms with Gasteiger partial charge in [0.2, 0.25) is 0 Å². The average molecular weight is 154 g/mol. The van der Waals surface area contributed by atoms with Gasteiger partial charge in [-0.05, 0) is 6.42 Å². The summed E-state index contributed by atoms with van der Waals surface area (Å²) in [6, 6.07) is -0.331. The Kier molecular flexibility index (Phi) is 2.31. The lowest BCUT2D eigenvalue weighted by Crippen LogP contribution is -2.35. The molecule has 3 atom stereocenters. The van der Waals surface area contributed by atoms with E-state index in [9.17, 15) is 5.11 Å². The van der Waals surface area contributed by atoms with Crippen molar-refractivity contribution in [1.82, 2.24) is 0 Å². The standard InChI is InChI=1S/C8H15BO2/c1-4-5-6(10)8(2,3)7(9)11-5/h5-7,10H,4H2,1-3H3. The molecule has 2 nitrogen and oxygen atoms in total. The highest BCUT2D eigenvalue weighted by Gasteiger charge is 2.45. The van der Waals surface area contributed by atoms with E-state index in [1.807, 2.05) is 20.8 Å². The van der Waals surface area contributed by atoms with Crippen LogP contribution in [-0.2, 0) is 4.74 Å². The average Bonchev–Trinajstić information content (AvgIpc) is 2.14. The molecule has 1 saturated heterocycles. The Morgan fingerprint density at radius 3 is 2.27 bits per heavy atom. The summed E-state index contributed by atoms with van der Waals surface area (Å²) >= 11 is 0. The quantitative estimate of drug-likeness (QED) is 0.562. The zero-order valence-electron chi connectivity index (χ0n) is 7.37. The van der Waals surface area contributed by atoms with Crippen molar-refractivity contribution in [3.63, 3.8) is 0 Å². The Morgan fingerprint density at radius 2 is 2.09 bits per heavy atom. The van der Waals surface area contributed by atoms with E-state index in [-0.39, 0.29) is 17.5 Å². The van der Waals surface area contributed by atoms with Gasteiger partial charge in [0.25, 0.3) is 0 Å². The number of aliphatic hydroxyl groups is 1. The molecular formula is C8H15BO2. The molecule has 0 saturated carbocycles. The molecule has 1 N–H and O–H groups in total. The first kappa shape index (κ1) is 9.08. The van der Waals surface area contributed by atoms with E-state index in [2.05, 4.69) is 0 Å². The molecule has 1 heterocycles. The molecule has 1 fully saturated rings. The Bertz CT molecular complexity index is 147. The lowest BCUT2D eigenvalue weighted by molar-refractivity contribution is 0.0260. The van der Waals surface area contributed by atoms with Crippen molar-refractivity contribution < 1.29 is 9.84 Å². The molecule has 0 aromatic rings. The second-order valence-electron chi connectivity index (χ2n) is 3.77. The molecule has 0 spiro atoms. The Hall–Kier alpha value is -0.0151. The molecule has 0 aliphatic carbocycles. The molecule has 1 aliphatic rings. The van der Waals surface area contributed by atoms with Gasteiger partial charge >= 0.3 is 0 Å². The maximum atomic E-state index is 9.68. The van der Waals surface area contributed by atoms with E-state index in [4.69, 9.17) is 12.6 Å². The first-order valence-electron chi connectivity index (χ1n) is 4.09. The van der Waals surface area contributed by atoms with E-state index in [0.717, 1.165) is 6.42 Å². The molecule has 3 unspecified atom stereocenters. The van der Waals surface area contributed by atoms with Crippen LogP contribution in [0.15, 0.2) is 0 Å². The Labute approximate surface area is 69.3 Å². The predicted molar refractivity (Wildman–Crippen MR) is 44.5 cm³/mol. The third-order valence-corrected chi connectivity index (χ3v) is 2.57. The van der Waals surface area contributed by atoms with Crippen LogP contribution in [0.2, 0.25) is 0 Å². The summed E-state index contributed by atoms with van der Waals surface area (Å²) in [5.41, 5.74) is -0.305. The van der Waals surface area contributed by atoms with Crippen LogP contribution in [0.3, 0.4) is 0 Å². The highest BCUT2D eigenvalue weighted by atomic mass is 16.5. The van der Waals surface area contributed by atoms with Gasteiger partial charge in [-0.25, -0.2) is 0 Å². The second-order valence-corrected chi connectivity index (χ2v) is 3.77. The van der Waals surface area contributed by atoms with Crippen LogP contribution in [-0.4, -0.2) is 31.2 Å². The van der Waals surface area contributed by atoms with Crippen molar-refractivity contribution in [2.75, 3.05) is 0 Å². The smallest absolute Gasteiger partial charge is 0.109 e. The van der Waals surface area contributed by atoms with Gasteiger partial charge in [-0.15, -0.1) is 0 Å². The topological polar surface area (TPSA) is 29.5 Å². The van der Waals surface area contributed by atoms with E-state index in [1.165, 1.54) is 0 Å². The summed E-state index contributed by atoms with van der Waals surface area (Å²) in [7, 11) is 5.69. The van der Waals surface area contributed by atoms with Crippen LogP contribution in [0.4, 0.5) is 0 Å². The molecule has 0 aromatic heterocycles. The summed E-state index contributed by atoms with van der Waals surface area (Å²) in [5, 5.41) is 9.68. The highest BCUT2D eigenvalue weighted by Crippen LogP contribution is 2.37. The van der Waals surface area contributed by atoms with Crippen molar-refractivity contribution >= 4 is 7.85 Å². The molecule has 0 bridgehead atoms. The summed E-state index contributed by atoms with van der Waals surface area (Å²) < 4.78 is 5.37. The van der Waals surface area contributed by atoms with Gasteiger partial charge in [0.1, 0.15) is 7.85 Å². The summed E-state index contributed by atoms with van der Waals surface area (Å²) in [5.74, 6) is 0. The van der Waals surface area contributed by atoms with Crippen molar-refractivity contribution in [3.05, 3.63) is 0 Å². The minimum Gasteiger partial charge on any atom is -0.390 e. The van der Waals surface area contributed by atoms with E-state index in [1.54, 1.807) is 0 Å². The predicted octanol–water partition coefficient (Wildman–Crippen LogP) is 0.677. The van der Waals surface area contributed by atoms with Gasteiger partial charge in [0.15, 0.2) is 0 Å². The summed E-state index contributed by atoms with van der Waals surface area (Å²) in [6.45, 7) is 5.85. The third-order valence-electron chi connectivity index (χ3n) is 2.57. The number of hydrogen-bond acceptors (Lipinski definition) is 2. The molecule has 0 amide bonds. The molecule has 1 aliphatic heterocycles. The second kappa shape index (κ2) is 2.79. The van der Waals surface area contributed by atoms with Crippen LogP contribution < -0.4 is 0 Å². The van der Waals surface area contributed by atoms with E-state index >= 15 is 0 Å². The van der Waals surface area contributed by atoms with Crippen molar-refractivity contribution in [2.24, 2.45) is 5.41 Å². The van der Waals surface area contributed by atoms with E-state index in [0.29, 0.717) is 0 Å². The highest BCUT2D eigenvalue weighted by molar-refractivity contribution is 6.11. The minimum absolute atomic E-state index is 0.0833. The van der Waals surface area contributed by atoms with Crippen LogP contribution in [0.25, 0.3) is 0 Å². The fourth-order valence-electron chi connectivity index (χ4n) is 1.40. The zero-order valence-corrected chi connectivity index (χ0v) is 7.37. The molecule has 2 radical (unpaired) electrons. The maximum Gasteiger partial charge on any atom is 0.109 e. The van der Waals surface area contributed by atoms with Gasteiger partial charge < -0.3 is 9.84 Å². The van der Waals surface area contributed by atoms with Crippen molar-refractivity contribution in [3.8, 4) is 0 Å². The molecule has 62 valence electrons. The number of hydrogen-bond donors (Lipinski definition) is 1. The fraction of sp³-hybridized carbons (Fsp3) is 1.00. The largest absolute Gasteiger partial charge is 0.390 e. The lowest BCUT2D eigenvalue weighted by atomic mass is 9.73. The molecule has 0 aromatic carbocycles. The van der Waals surface area contributed by atoms with Crippen molar-refractivity contribution in [1.29, 1.82) is 0 Å². The van der Waals surface area contributed by atoms with Gasteiger partial charge in [0.05, 0.1) is 12.2 Å². The van der Waals surface area contributed by atoms with Crippen molar-refractivity contribution in [2.45, 2.75) is 45.4 Å². The zero-order chi connectivity index (χ0) is 8.65. The first-order chi connectivity index (χ1) is 5.00. The van der Waals surface area contributed by atoms with E-state index < -0.39 is 6.10 Å². The van der Waals surface area contributed by atoms with Crippen LogP contribution in [0.1, 0.15) is 27.2 Å². The van der Waals surface area contributed by atoms with Gasteiger partial charge in [-0.1, -0.05) is 20.8 Å². The lowest BCUT2D eigenvalue weighted by Gasteiger charge is -2.25. The monoisotopic (exact) mass is 154 g/mol. The number of rotatable bonds is 1. The first-order valence-corrected chi connectivity index (χ1v) is 4.09. The Balaban J connectivity index is 2.71. The molecule has 11 heavy (non-hydrogen) atoms. The number of ether oxygens (including phenoxy) is 1. The third kappa shape index (κ3) is 1.32. The number of aliphatic hydroxyl groups excluding tert-OH is 1. The van der Waals surface area contributed by atoms with Gasteiger partial charge in [-0.2, -0.15) is 0 Å². The van der Waals surface area contributed by atoms with Crippen LogP contribution in [0, 0.1) is 5.41 Å². The fourth-order valence-corrected chi connectivity index (χ4v) is 1.40. The summed E-state index contributed by atoms with van der Waals surface area (Å²) in [4.78, 5) is 0. The maximum absolute atomic E-state index is 9.68. The minimum atomic E-state index is -0.428. The van der Waals surface area contributed by atoms with Crippen LogP contribution >= 0.6 is 0 Å². The molecule has 3 heteroatoms.